The van der Waals surface area contributed by atoms with Crippen LogP contribution in [0.15, 0.2) is 24.8 Å². The van der Waals surface area contributed by atoms with Crippen molar-refractivity contribution < 1.29 is 9.53 Å². The fraction of sp³-hybridized carbons (Fsp3) is 0.500. The summed E-state index contributed by atoms with van der Waals surface area (Å²) in [6.45, 7) is 6.15. The molecule has 7 heteroatoms. The first-order valence-electron chi connectivity index (χ1n) is 7.12. The Bertz CT molecular complexity index is 621. The number of carbonyl (C=O) groups excluding carboxylic acids is 1. The minimum absolute atomic E-state index is 0.0487. The molecule has 21 heavy (non-hydrogen) atoms. The molecule has 1 atom stereocenters. The van der Waals surface area contributed by atoms with Crippen LogP contribution in [0.5, 0.6) is 0 Å². The normalized spacial score (nSPS) is 17.8. The second kappa shape index (κ2) is 6.19. The Balaban J connectivity index is 1.64. The SMILES string of the molecule is CC(CN1CCOCC1)NC(=O)c1nccn2ccnc12. The molecule has 2 aromatic rings. The number of imidazole rings is 1. The lowest BCUT2D eigenvalue weighted by Gasteiger charge is -2.29. The molecule has 1 amide bonds. The Labute approximate surface area is 122 Å². The molecule has 0 spiro atoms. The second-order valence-corrected chi connectivity index (χ2v) is 5.22. The Morgan fingerprint density at radius 1 is 1.33 bits per heavy atom. The van der Waals surface area contributed by atoms with Crippen LogP contribution in [0.3, 0.4) is 0 Å². The number of fused-ring (bicyclic) bond motifs is 1. The van der Waals surface area contributed by atoms with Gasteiger partial charge in [-0.15, -0.1) is 0 Å². The molecule has 1 N–H and O–H groups in total. The largest absolute Gasteiger partial charge is 0.379 e. The number of nitrogens with zero attached hydrogens (tertiary/aromatic N) is 4. The quantitative estimate of drug-likeness (QED) is 0.869. The van der Waals surface area contributed by atoms with Crippen LogP contribution in [-0.4, -0.2) is 64.1 Å². The summed E-state index contributed by atoms with van der Waals surface area (Å²) in [5.74, 6) is -0.187. The number of hydrogen-bond acceptors (Lipinski definition) is 5. The molecule has 2 aromatic heterocycles. The molecule has 1 aliphatic rings. The van der Waals surface area contributed by atoms with Gasteiger partial charge in [0.2, 0.25) is 0 Å². The first-order valence-corrected chi connectivity index (χ1v) is 7.12. The minimum atomic E-state index is -0.187. The topological polar surface area (TPSA) is 71.8 Å². The van der Waals surface area contributed by atoms with Crippen molar-refractivity contribution in [3.05, 3.63) is 30.5 Å². The predicted octanol–water partition coefficient (Wildman–Crippen LogP) is 0.180. The Kier molecular flexibility index (Phi) is 4.12. The zero-order valence-corrected chi connectivity index (χ0v) is 12.0. The van der Waals surface area contributed by atoms with E-state index in [0.717, 1.165) is 32.8 Å². The van der Waals surface area contributed by atoms with Crippen molar-refractivity contribution in [2.24, 2.45) is 0 Å². The third kappa shape index (κ3) is 3.20. The van der Waals surface area contributed by atoms with E-state index in [2.05, 4.69) is 20.2 Å². The molecule has 1 fully saturated rings. The highest BCUT2D eigenvalue weighted by Gasteiger charge is 2.18. The lowest BCUT2D eigenvalue weighted by Crippen LogP contribution is -2.46. The number of rotatable bonds is 4. The van der Waals surface area contributed by atoms with Crippen molar-refractivity contribution in [2.75, 3.05) is 32.8 Å². The van der Waals surface area contributed by atoms with E-state index < -0.39 is 0 Å². The van der Waals surface area contributed by atoms with Crippen LogP contribution in [0, 0.1) is 0 Å². The van der Waals surface area contributed by atoms with E-state index in [0.29, 0.717) is 11.3 Å². The van der Waals surface area contributed by atoms with Gasteiger partial charge >= 0.3 is 0 Å². The van der Waals surface area contributed by atoms with Gasteiger partial charge in [0.15, 0.2) is 11.3 Å². The van der Waals surface area contributed by atoms with Gasteiger partial charge in [0.25, 0.3) is 5.91 Å². The van der Waals surface area contributed by atoms with Gasteiger partial charge in [-0.1, -0.05) is 0 Å². The van der Waals surface area contributed by atoms with Crippen molar-refractivity contribution in [2.45, 2.75) is 13.0 Å². The monoisotopic (exact) mass is 289 g/mol. The number of hydrogen-bond donors (Lipinski definition) is 1. The molecule has 1 aliphatic heterocycles. The molecule has 3 rings (SSSR count). The van der Waals surface area contributed by atoms with Gasteiger partial charge in [-0.3, -0.25) is 9.69 Å². The zero-order valence-electron chi connectivity index (χ0n) is 12.0. The van der Waals surface area contributed by atoms with Gasteiger partial charge < -0.3 is 14.5 Å². The van der Waals surface area contributed by atoms with Gasteiger partial charge in [-0.2, -0.15) is 0 Å². The molecular weight excluding hydrogens is 270 g/mol. The van der Waals surface area contributed by atoms with Gasteiger partial charge in [-0.25, -0.2) is 9.97 Å². The van der Waals surface area contributed by atoms with Crippen molar-refractivity contribution in [3.63, 3.8) is 0 Å². The lowest BCUT2D eigenvalue weighted by molar-refractivity contribution is 0.0342. The molecule has 7 nitrogen and oxygen atoms in total. The zero-order chi connectivity index (χ0) is 14.7. The van der Waals surface area contributed by atoms with E-state index in [1.807, 2.05) is 6.92 Å². The highest BCUT2D eigenvalue weighted by molar-refractivity contribution is 5.97. The van der Waals surface area contributed by atoms with Crippen LogP contribution in [0.1, 0.15) is 17.4 Å². The van der Waals surface area contributed by atoms with Crippen molar-refractivity contribution in [1.82, 2.24) is 24.6 Å². The summed E-state index contributed by atoms with van der Waals surface area (Å²) < 4.78 is 7.11. The van der Waals surface area contributed by atoms with Crippen LogP contribution in [0.4, 0.5) is 0 Å². The molecule has 0 bridgehead atoms. The Morgan fingerprint density at radius 2 is 2.05 bits per heavy atom. The van der Waals surface area contributed by atoms with E-state index in [1.165, 1.54) is 0 Å². The molecule has 0 aromatic carbocycles. The fourth-order valence-corrected chi connectivity index (χ4v) is 2.52. The van der Waals surface area contributed by atoms with Crippen LogP contribution in [0.25, 0.3) is 5.65 Å². The molecule has 0 saturated carbocycles. The Morgan fingerprint density at radius 3 is 2.81 bits per heavy atom. The van der Waals surface area contributed by atoms with Crippen LogP contribution < -0.4 is 5.32 Å². The van der Waals surface area contributed by atoms with E-state index >= 15 is 0 Å². The maximum absolute atomic E-state index is 12.3. The molecule has 3 heterocycles. The van der Waals surface area contributed by atoms with Gasteiger partial charge in [0.1, 0.15) is 0 Å². The Hall–Kier alpha value is -1.99. The minimum Gasteiger partial charge on any atom is -0.379 e. The highest BCUT2D eigenvalue weighted by Crippen LogP contribution is 2.06. The summed E-state index contributed by atoms with van der Waals surface area (Å²) in [5.41, 5.74) is 0.935. The van der Waals surface area contributed by atoms with Crippen LogP contribution >= 0.6 is 0 Å². The maximum Gasteiger partial charge on any atom is 0.274 e. The molecular formula is C14H19N5O2. The average molecular weight is 289 g/mol. The van der Waals surface area contributed by atoms with E-state index in [1.54, 1.807) is 29.2 Å². The number of morpholine rings is 1. The number of ether oxygens (including phenoxy) is 1. The lowest BCUT2D eigenvalue weighted by atomic mass is 10.2. The molecule has 1 saturated heterocycles. The fourth-order valence-electron chi connectivity index (χ4n) is 2.52. The molecule has 0 radical (unpaired) electrons. The first-order chi connectivity index (χ1) is 10.2. The predicted molar refractivity (Wildman–Crippen MR) is 77.2 cm³/mol. The summed E-state index contributed by atoms with van der Waals surface area (Å²) in [6.07, 6.45) is 6.84. The third-order valence-electron chi connectivity index (χ3n) is 3.54. The third-order valence-corrected chi connectivity index (χ3v) is 3.54. The standard InChI is InChI=1S/C14H19N5O2/c1-11(10-18-6-8-21-9-7-18)17-14(20)12-13-16-3-5-19(13)4-2-15-12/h2-5,11H,6-10H2,1H3,(H,17,20). The highest BCUT2D eigenvalue weighted by atomic mass is 16.5. The van der Waals surface area contributed by atoms with Crippen molar-refractivity contribution in [3.8, 4) is 0 Å². The first kappa shape index (κ1) is 14.0. The number of carbonyl (C=O) groups is 1. The number of aromatic nitrogens is 3. The summed E-state index contributed by atoms with van der Waals surface area (Å²) in [4.78, 5) is 23.0. The second-order valence-electron chi connectivity index (χ2n) is 5.22. The van der Waals surface area contributed by atoms with Gasteiger partial charge in [-0.05, 0) is 6.92 Å². The molecule has 0 aliphatic carbocycles. The van der Waals surface area contributed by atoms with E-state index in [9.17, 15) is 4.79 Å². The smallest absolute Gasteiger partial charge is 0.274 e. The van der Waals surface area contributed by atoms with Crippen LogP contribution in [0.2, 0.25) is 0 Å². The maximum atomic E-state index is 12.3. The number of amides is 1. The average Bonchev–Trinajstić information content (AvgIpc) is 2.96. The van der Waals surface area contributed by atoms with Gasteiger partial charge in [0.05, 0.1) is 13.2 Å². The summed E-state index contributed by atoms with van der Waals surface area (Å²) >= 11 is 0. The van der Waals surface area contributed by atoms with Crippen molar-refractivity contribution >= 4 is 11.6 Å². The molecule has 1 unspecified atom stereocenters. The number of nitrogens with one attached hydrogen (secondary N) is 1. The van der Waals surface area contributed by atoms with Gasteiger partial charge in [0, 0.05) is 50.5 Å². The van der Waals surface area contributed by atoms with E-state index in [4.69, 9.17) is 4.74 Å². The van der Waals surface area contributed by atoms with E-state index in [-0.39, 0.29) is 11.9 Å². The molecule has 112 valence electrons. The van der Waals surface area contributed by atoms with Crippen LogP contribution in [-0.2, 0) is 4.74 Å². The summed E-state index contributed by atoms with van der Waals surface area (Å²) in [6, 6.07) is 0.0487. The summed E-state index contributed by atoms with van der Waals surface area (Å²) in [7, 11) is 0. The summed E-state index contributed by atoms with van der Waals surface area (Å²) in [5, 5.41) is 2.99. The van der Waals surface area contributed by atoms with Crippen molar-refractivity contribution in [1.29, 1.82) is 0 Å².